The lowest BCUT2D eigenvalue weighted by Crippen LogP contribution is -2.51. The third-order valence-electron chi connectivity index (χ3n) is 6.05. The first kappa shape index (κ1) is 20.9. The molecule has 0 saturated carbocycles. The van der Waals surface area contributed by atoms with Gasteiger partial charge in [0.25, 0.3) is 0 Å². The molecule has 0 radical (unpaired) electrons. The molecule has 0 fully saturated rings. The fourth-order valence-electron chi connectivity index (χ4n) is 4.61. The molecule has 0 aromatic heterocycles. The first-order valence-electron chi connectivity index (χ1n) is 11.1. The smallest absolute Gasteiger partial charge is 0.226 e. The highest BCUT2D eigenvalue weighted by molar-refractivity contribution is 5.94. The topological polar surface area (TPSA) is 29.5 Å². The third kappa shape index (κ3) is 3.77. The zero-order valence-electron chi connectivity index (χ0n) is 18.5. The number of anilines is 1. The van der Waals surface area contributed by atoms with Gasteiger partial charge in [0.1, 0.15) is 5.60 Å². The monoisotopic (exact) mass is 431 g/mol. The summed E-state index contributed by atoms with van der Waals surface area (Å²) in [5.74, 6) is -0.0696. The van der Waals surface area contributed by atoms with Gasteiger partial charge in [-0.3, -0.25) is 9.69 Å². The number of hydrogen-bond acceptors (Lipinski definition) is 2. The van der Waals surface area contributed by atoms with Crippen molar-refractivity contribution >= 4 is 17.7 Å². The standard InChI is InChI=1S/C30H25NO2/c1-23(32)31-28-20-12-11-19-27(28)30(25-15-7-3-8-16-25,26-17-9-4-10-18-26)33-29(31)22-21-24-13-5-2-6-14-24/h2-22,29H,1H3/b22-21-/t29-/m0/s1. The van der Waals surface area contributed by atoms with Crippen LogP contribution in [0.1, 0.15) is 29.2 Å². The molecule has 4 aromatic rings. The average Bonchev–Trinajstić information content (AvgIpc) is 2.88. The number of rotatable bonds is 4. The molecule has 1 aliphatic rings. The SMILES string of the molecule is CC(=O)N1c2ccccc2C(c2ccccc2)(c2ccccc2)O[C@H]1/C=C\c1ccccc1. The number of nitrogens with zero attached hydrogens (tertiary/aromatic N) is 1. The van der Waals surface area contributed by atoms with Crippen LogP contribution in [0.5, 0.6) is 0 Å². The number of carbonyl (C=O) groups excluding carboxylic acids is 1. The number of benzene rings is 4. The number of ether oxygens (including phenoxy) is 1. The van der Waals surface area contributed by atoms with Crippen molar-refractivity contribution in [3.8, 4) is 0 Å². The average molecular weight is 432 g/mol. The Bertz CT molecular complexity index is 1230. The van der Waals surface area contributed by atoms with Gasteiger partial charge in [0, 0.05) is 12.5 Å². The number of para-hydroxylation sites is 1. The van der Waals surface area contributed by atoms with E-state index < -0.39 is 11.8 Å². The zero-order chi connectivity index (χ0) is 22.7. The highest BCUT2D eigenvalue weighted by Gasteiger charge is 2.47. The van der Waals surface area contributed by atoms with Gasteiger partial charge < -0.3 is 4.74 Å². The van der Waals surface area contributed by atoms with E-state index in [1.54, 1.807) is 11.8 Å². The number of amides is 1. The van der Waals surface area contributed by atoms with Gasteiger partial charge in [-0.25, -0.2) is 0 Å². The van der Waals surface area contributed by atoms with Crippen LogP contribution in [0, 0.1) is 0 Å². The van der Waals surface area contributed by atoms with E-state index in [1.165, 1.54) is 0 Å². The second kappa shape index (κ2) is 8.89. The van der Waals surface area contributed by atoms with Gasteiger partial charge in [0.05, 0.1) is 5.69 Å². The minimum Gasteiger partial charge on any atom is -0.334 e. The minimum absolute atomic E-state index is 0.0696. The Kier molecular flexibility index (Phi) is 5.64. The van der Waals surface area contributed by atoms with Crippen LogP contribution in [0.4, 0.5) is 5.69 Å². The summed E-state index contributed by atoms with van der Waals surface area (Å²) >= 11 is 0. The van der Waals surface area contributed by atoms with Crippen LogP contribution in [0.3, 0.4) is 0 Å². The molecule has 1 atom stereocenters. The summed E-state index contributed by atoms with van der Waals surface area (Å²) in [5, 5.41) is 0. The molecule has 0 unspecified atom stereocenters. The fraction of sp³-hybridized carbons (Fsp3) is 0.100. The van der Waals surface area contributed by atoms with E-state index in [4.69, 9.17) is 4.74 Å². The van der Waals surface area contributed by atoms with Crippen LogP contribution in [0.25, 0.3) is 6.08 Å². The summed E-state index contributed by atoms with van der Waals surface area (Å²) in [7, 11) is 0. The van der Waals surface area contributed by atoms with Crippen LogP contribution in [0.2, 0.25) is 0 Å². The Labute approximate surface area is 194 Å². The molecule has 0 N–H and O–H groups in total. The molecule has 0 aliphatic carbocycles. The summed E-state index contributed by atoms with van der Waals surface area (Å²) in [6.07, 6.45) is 3.39. The molecule has 0 bridgehead atoms. The zero-order valence-corrected chi connectivity index (χ0v) is 18.5. The lowest BCUT2D eigenvalue weighted by molar-refractivity contribution is -0.121. The van der Waals surface area contributed by atoms with E-state index in [2.05, 4.69) is 30.3 Å². The maximum Gasteiger partial charge on any atom is 0.226 e. The summed E-state index contributed by atoms with van der Waals surface area (Å²) in [6.45, 7) is 1.58. The third-order valence-corrected chi connectivity index (χ3v) is 6.05. The van der Waals surface area contributed by atoms with Crippen molar-refractivity contribution in [1.82, 2.24) is 0 Å². The molecule has 1 aliphatic heterocycles. The van der Waals surface area contributed by atoms with Crippen molar-refractivity contribution in [2.75, 3.05) is 4.90 Å². The van der Waals surface area contributed by atoms with Crippen LogP contribution in [0.15, 0.2) is 121 Å². The van der Waals surface area contributed by atoms with Gasteiger partial charge in [-0.1, -0.05) is 115 Å². The van der Waals surface area contributed by atoms with Gasteiger partial charge in [0.2, 0.25) is 5.91 Å². The Hall–Kier alpha value is -3.95. The van der Waals surface area contributed by atoms with Gasteiger partial charge in [-0.2, -0.15) is 0 Å². The van der Waals surface area contributed by atoms with Gasteiger partial charge >= 0.3 is 0 Å². The van der Waals surface area contributed by atoms with E-state index in [9.17, 15) is 4.79 Å². The lowest BCUT2D eigenvalue weighted by Gasteiger charge is -2.47. The molecule has 5 rings (SSSR count). The van der Waals surface area contributed by atoms with Crippen molar-refractivity contribution in [1.29, 1.82) is 0 Å². The summed E-state index contributed by atoms with van der Waals surface area (Å²) in [6, 6.07) is 38.6. The first-order chi connectivity index (χ1) is 16.2. The Morgan fingerprint density at radius 3 is 1.85 bits per heavy atom. The molecule has 162 valence electrons. The molecule has 0 saturated heterocycles. The normalized spacial score (nSPS) is 17.0. The molecule has 1 amide bonds. The van der Waals surface area contributed by atoms with Crippen molar-refractivity contribution in [2.24, 2.45) is 0 Å². The predicted molar refractivity (Wildman–Crippen MR) is 133 cm³/mol. The Morgan fingerprint density at radius 1 is 0.758 bits per heavy atom. The Morgan fingerprint density at radius 2 is 1.27 bits per heavy atom. The highest BCUT2D eigenvalue weighted by Crippen LogP contribution is 2.49. The van der Waals surface area contributed by atoms with Crippen LogP contribution < -0.4 is 4.90 Å². The second-order valence-corrected chi connectivity index (χ2v) is 8.10. The van der Waals surface area contributed by atoms with Gasteiger partial charge in [0.15, 0.2) is 6.23 Å². The molecule has 1 heterocycles. The van der Waals surface area contributed by atoms with Crippen molar-refractivity contribution in [3.05, 3.63) is 144 Å². The maximum atomic E-state index is 12.9. The van der Waals surface area contributed by atoms with E-state index in [0.717, 1.165) is 27.9 Å². The molecular weight excluding hydrogens is 406 g/mol. The lowest BCUT2D eigenvalue weighted by atomic mass is 9.78. The number of fused-ring (bicyclic) bond motifs is 1. The summed E-state index contributed by atoms with van der Waals surface area (Å²) in [4.78, 5) is 14.6. The molecule has 0 spiro atoms. The predicted octanol–water partition coefficient (Wildman–Crippen LogP) is 6.40. The summed E-state index contributed by atoms with van der Waals surface area (Å²) < 4.78 is 6.99. The maximum absolute atomic E-state index is 12.9. The van der Waals surface area contributed by atoms with Gasteiger partial charge in [-0.05, 0) is 28.8 Å². The first-order valence-corrected chi connectivity index (χ1v) is 11.1. The van der Waals surface area contributed by atoms with Crippen molar-refractivity contribution in [3.63, 3.8) is 0 Å². The van der Waals surface area contributed by atoms with E-state index in [0.29, 0.717) is 0 Å². The molecule has 3 heteroatoms. The van der Waals surface area contributed by atoms with Crippen LogP contribution >= 0.6 is 0 Å². The minimum atomic E-state index is -0.864. The largest absolute Gasteiger partial charge is 0.334 e. The van der Waals surface area contributed by atoms with Crippen LogP contribution in [-0.2, 0) is 15.1 Å². The fourth-order valence-corrected chi connectivity index (χ4v) is 4.61. The van der Waals surface area contributed by atoms with Crippen molar-refractivity contribution in [2.45, 2.75) is 18.8 Å². The number of carbonyl (C=O) groups is 1. The Balaban J connectivity index is 1.76. The highest BCUT2D eigenvalue weighted by atomic mass is 16.5. The van der Waals surface area contributed by atoms with Crippen molar-refractivity contribution < 1.29 is 9.53 Å². The molecule has 3 nitrogen and oxygen atoms in total. The van der Waals surface area contributed by atoms with E-state index in [1.807, 2.05) is 97.1 Å². The van der Waals surface area contributed by atoms with E-state index >= 15 is 0 Å². The summed E-state index contributed by atoms with van der Waals surface area (Å²) in [5.41, 5.74) is 4.02. The molecular formula is C30H25NO2. The number of hydrogen-bond donors (Lipinski definition) is 0. The second-order valence-electron chi connectivity index (χ2n) is 8.10. The molecule has 33 heavy (non-hydrogen) atoms. The van der Waals surface area contributed by atoms with Crippen LogP contribution in [-0.4, -0.2) is 12.1 Å². The van der Waals surface area contributed by atoms with E-state index in [-0.39, 0.29) is 5.91 Å². The quantitative estimate of drug-likeness (QED) is 0.374. The van der Waals surface area contributed by atoms with Gasteiger partial charge in [-0.15, -0.1) is 0 Å². The molecule has 4 aromatic carbocycles.